The van der Waals surface area contributed by atoms with Crippen molar-refractivity contribution in [3.8, 4) is 28.1 Å². The van der Waals surface area contributed by atoms with E-state index in [-0.39, 0.29) is 11.4 Å². The predicted octanol–water partition coefficient (Wildman–Crippen LogP) is 4.45. The third kappa shape index (κ3) is 2.67. The molecule has 1 aliphatic rings. The molecule has 0 amide bonds. The van der Waals surface area contributed by atoms with Gasteiger partial charge in [-0.1, -0.05) is 47.5 Å². The lowest BCUT2D eigenvalue weighted by molar-refractivity contribution is 0.305. The maximum absolute atomic E-state index is 12.8. The Bertz CT molecular complexity index is 1020. The van der Waals surface area contributed by atoms with Crippen molar-refractivity contribution in [1.82, 2.24) is 9.36 Å². The number of halogens is 1. The van der Waals surface area contributed by atoms with Gasteiger partial charge in [0.25, 0.3) is 5.56 Å². The number of fused-ring (bicyclic) bond motifs is 1. The molecule has 4 nitrogen and oxygen atoms in total. The normalized spacial score (nSPS) is 13.7. The zero-order valence-corrected chi connectivity index (χ0v) is 14.8. The van der Waals surface area contributed by atoms with Gasteiger partial charge in [-0.2, -0.15) is 0 Å². The van der Waals surface area contributed by atoms with Crippen molar-refractivity contribution in [2.75, 3.05) is 0 Å². The average Bonchev–Trinajstić information content (AvgIpc) is 2.87. The van der Waals surface area contributed by atoms with Gasteiger partial charge in [0.1, 0.15) is 5.56 Å². The number of aryl methyl sites for hydroxylation is 1. The Morgan fingerprint density at radius 3 is 2.44 bits per heavy atom. The summed E-state index contributed by atoms with van der Waals surface area (Å²) in [6.07, 6.45) is 1.90. The van der Waals surface area contributed by atoms with Gasteiger partial charge < -0.3 is 5.11 Å². The molecule has 0 unspecified atom stereocenters. The summed E-state index contributed by atoms with van der Waals surface area (Å²) in [5.74, 6) is 0.00740. The molecule has 25 heavy (non-hydrogen) atoms. The van der Waals surface area contributed by atoms with Gasteiger partial charge in [-0.3, -0.25) is 9.48 Å². The Hall–Kier alpha value is -2.46. The molecular weight excluding hydrogens is 336 g/mol. The highest BCUT2D eigenvalue weighted by Crippen LogP contribution is 2.36. The van der Waals surface area contributed by atoms with Crippen LogP contribution in [0.3, 0.4) is 0 Å². The highest BCUT2D eigenvalue weighted by molar-refractivity contribution is 6.33. The van der Waals surface area contributed by atoms with E-state index in [0.29, 0.717) is 29.2 Å². The number of aromatic hydroxyl groups is 1. The Morgan fingerprint density at radius 2 is 1.72 bits per heavy atom. The van der Waals surface area contributed by atoms with Crippen LogP contribution in [0.4, 0.5) is 0 Å². The lowest BCUT2D eigenvalue weighted by atomic mass is 9.99. The summed E-state index contributed by atoms with van der Waals surface area (Å²) in [5, 5.41) is 11.1. The molecule has 0 spiro atoms. The summed E-state index contributed by atoms with van der Waals surface area (Å²) in [7, 11) is 0. The third-order valence-corrected chi connectivity index (χ3v) is 5.11. The molecule has 4 rings (SSSR count). The van der Waals surface area contributed by atoms with Crippen LogP contribution in [0, 0.1) is 6.92 Å². The topological polar surface area (TPSA) is 47.2 Å². The number of nitrogens with zero attached hydrogens (tertiary/aromatic N) is 2. The van der Waals surface area contributed by atoms with Crippen molar-refractivity contribution in [3.63, 3.8) is 0 Å². The molecule has 1 N–H and O–H groups in total. The number of aromatic nitrogens is 2. The Balaban J connectivity index is 1.91. The van der Waals surface area contributed by atoms with E-state index < -0.39 is 0 Å². The quantitative estimate of drug-likeness (QED) is 0.739. The predicted molar refractivity (Wildman–Crippen MR) is 100 cm³/mol. The minimum atomic E-state index is -0.180. The van der Waals surface area contributed by atoms with Gasteiger partial charge in [-0.25, -0.2) is 4.68 Å². The highest BCUT2D eigenvalue weighted by Gasteiger charge is 2.24. The smallest absolute Gasteiger partial charge is 0.278 e. The van der Waals surface area contributed by atoms with E-state index in [4.69, 9.17) is 11.6 Å². The maximum atomic E-state index is 12.8. The van der Waals surface area contributed by atoms with Crippen molar-refractivity contribution >= 4 is 11.6 Å². The lowest BCUT2D eigenvalue weighted by Crippen LogP contribution is -2.27. The molecule has 0 saturated heterocycles. The summed E-state index contributed by atoms with van der Waals surface area (Å²) < 4.78 is 3.28. The fourth-order valence-corrected chi connectivity index (χ4v) is 3.72. The second-order valence-corrected chi connectivity index (χ2v) is 6.93. The van der Waals surface area contributed by atoms with Gasteiger partial charge in [0.2, 0.25) is 5.88 Å². The molecule has 0 saturated carbocycles. The second kappa shape index (κ2) is 6.12. The van der Waals surface area contributed by atoms with Gasteiger partial charge in [-0.05, 0) is 43.0 Å². The van der Waals surface area contributed by atoms with Crippen LogP contribution in [-0.4, -0.2) is 14.5 Å². The molecule has 1 aliphatic heterocycles. The first-order valence-corrected chi connectivity index (χ1v) is 8.83. The van der Waals surface area contributed by atoms with E-state index in [9.17, 15) is 9.90 Å². The van der Waals surface area contributed by atoms with Crippen molar-refractivity contribution < 1.29 is 5.11 Å². The fourth-order valence-electron chi connectivity index (χ4n) is 3.51. The molecule has 0 aliphatic carbocycles. The molecule has 5 heteroatoms. The molecule has 128 valence electrons. The molecule has 2 aromatic carbocycles. The number of hydrogen-bond donors (Lipinski definition) is 1. The summed E-state index contributed by atoms with van der Waals surface area (Å²) in [6, 6.07) is 13.8. The first-order valence-electron chi connectivity index (χ1n) is 8.46. The standard InChI is InChI=1S/C20H19ClN2O2/c1-13-5-4-6-14(11-13)15-7-8-17(21)16(12-15)18-19(24)22-9-2-3-10-23(22)20(18)25/h4-8,11-12,24H,2-3,9-10H2,1H3. The van der Waals surface area contributed by atoms with E-state index in [1.807, 2.05) is 37.3 Å². The molecule has 0 radical (unpaired) electrons. The van der Waals surface area contributed by atoms with Gasteiger partial charge in [-0.15, -0.1) is 0 Å². The van der Waals surface area contributed by atoms with Crippen LogP contribution >= 0.6 is 11.6 Å². The summed E-state index contributed by atoms with van der Waals surface area (Å²) in [6.45, 7) is 3.32. The molecule has 0 atom stereocenters. The van der Waals surface area contributed by atoms with Crippen molar-refractivity contribution in [2.45, 2.75) is 32.9 Å². The van der Waals surface area contributed by atoms with Crippen molar-refractivity contribution in [3.05, 3.63) is 63.4 Å². The van der Waals surface area contributed by atoms with Crippen LogP contribution in [0.25, 0.3) is 22.3 Å². The monoisotopic (exact) mass is 354 g/mol. The van der Waals surface area contributed by atoms with Crippen molar-refractivity contribution in [2.24, 2.45) is 0 Å². The van der Waals surface area contributed by atoms with Crippen LogP contribution in [0.5, 0.6) is 5.88 Å². The largest absolute Gasteiger partial charge is 0.493 e. The van der Waals surface area contributed by atoms with E-state index in [1.165, 1.54) is 0 Å². The van der Waals surface area contributed by atoms with Crippen LogP contribution in [0.2, 0.25) is 5.02 Å². The minimum absolute atomic E-state index is 0.00740. The third-order valence-electron chi connectivity index (χ3n) is 4.78. The van der Waals surface area contributed by atoms with E-state index in [0.717, 1.165) is 29.5 Å². The van der Waals surface area contributed by atoms with Gasteiger partial charge >= 0.3 is 0 Å². The Kier molecular flexibility index (Phi) is 3.92. The van der Waals surface area contributed by atoms with Crippen LogP contribution in [-0.2, 0) is 13.1 Å². The molecule has 3 aromatic rings. The molecule has 2 heterocycles. The minimum Gasteiger partial charge on any atom is -0.493 e. The number of rotatable bonds is 2. The number of benzene rings is 2. The van der Waals surface area contributed by atoms with Crippen LogP contribution in [0.15, 0.2) is 47.3 Å². The van der Waals surface area contributed by atoms with E-state index >= 15 is 0 Å². The zero-order chi connectivity index (χ0) is 17.6. The van der Waals surface area contributed by atoms with Gasteiger partial charge in [0.05, 0.1) is 0 Å². The van der Waals surface area contributed by atoms with Gasteiger partial charge in [0, 0.05) is 23.7 Å². The lowest BCUT2D eigenvalue weighted by Gasteiger charge is -2.16. The summed E-state index contributed by atoms with van der Waals surface area (Å²) in [5.41, 5.74) is 3.88. The number of hydrogen-bond acceptors (Lipinski definition) is 2. The first kappa shape index (κ1) is 16.0. The zero-order valence-electron chi connectivity index (χ0n) is 14.0. The fraction of sp³-hybridized carbons (Fsp3) is 0.250. The Labute approximate surface area is 150 Å². The second-order valence-electron chi connectivity index (χ2n) is 6.52. The van der Waals surface area contributed by atoms with E-state index in [1.54, 1.807) is 15.4 Å². The van der Waals surface area contributed by atoms with E-state index in [2.05, 4.69) is 6.07 Å². The molecule has 0 fully saturated rings. The summed E-state index contributed by atoms with van der Waals surface area (Å²) in [4.78, 5) is 12.8. The molecule has 1 aromatic heterocycles. The molecule has 0 bridgehead atoms. The van der Waals surface area contributed by atoms with Crippen LogP contribution in [0.1, 0.15) is 18.4 Å². The highest BCUT2D eigenvalue weighted by atomic mass is 35.5. The van der Waals surface area contributed by atoms with Gasteiger partial charge in [0.15, 0.2) is 0 Å². The first-order chi connectivity index (χ1) is 12.1. The Morgan fingerprint density at radius 1 is 1.00 bits per heavy atom. The average molecular weight is 355 g/mol. The van der Waals surface area contributed by atoms with Crippen molar-refractivity contribution in [1.29, 1.82) is 0 Å². The maximum Gasteiger partial charge on any atom is 0.278 e. The van der Waals surface area contributed by atoms with Crippen LogP contribution < -0.4 is 5.56 Å². The SMILES string of the molecule is Cc1cccc(-c2ccc(Cl)c(-c3c(O)n4n(c3=O)CCCC4)c2)c1. The molecular formula is C20H19ClN2O2. The summed E-state index contributed by atoms with van der Waals surface area (Å²) >= 11 is 6.39.